The summed E-state index contributed by atoms with van der Waals surface area (Å²) in [6.07, 6.45) is 0. The highest BCUT2D eigenvalue weighted by Crippen LogP contribution is 2.39. The van der Waals surface area contributed by atoms with Crippen LogP contribution in [0, 0.1) is 5.82 Å². The maximum atomic E-state index is 13.6. The lowest BCUT2D eigenvalue weighted by Gasteiger charge is -2.13. The van der Waals surface area contributed by atoms with Gasteiger partial charge in [0, 0.05) is 16.2 Å². The Morgan fingerprint density at radius 2 is 1.88 bits per heavy atom. The lowest BCUT2D eigenvalue weighted by atomic mass is 10.2. The molecule has 0 spiro atoms. The maximum absolute atomic E-state index is 13.6. The van der Waals surface area contributed by atoms with Gasteiger partial charge in [-0.3, -0.25) is 0 Å². The first kappa shape index (κ1) is 14.5. The van der Waals surface area contributed by atoms with Crippen molar-refractivity contribution in [2.45, 2.75) is 5.75 Å². The predicted octanol–water partition coefficient (Wildman–Crippen LogP) is 2.67. The summed E-state index contributed by atoms with van der Waals surface area (Å²) in [6.45, 7) is 0. The van der Waals surface area contributed by atoms with Crippen LogP contribution in [0.2, 0.25) is 0 Å². The number of methoxy groups -OCH3 is 2. The Kier molecular flexibility index (Phi) is 4.62. The van der Waals surface area contributed by atoms with Crippen LogP contribution in [0.15, 0.2) is 10.5 Å². The fourth-order valence-electron chi connectivity index (χ4n) is 1.33. The van der Waals surface area contributed by atoms with Crippen molar-refractivity contribution in [1.29, 1.82) is 0 Å². The van der Waals surface area contributed by atoms with E-state index in [1.54, 1.807) is 0 Å². The molecule has 1 aromatic rings. The van der Waals surface area contributed by atoms with Crippen molar-refractivity contribution in [1.82, 2.24) is 0 Å². The second-order valence-electron chi connectivity index (χ2n) is 3.08. The molecule has 0 atom stereocenters. The monoisotopic (exact) mass is 346 g/mol. The Bertz CT molecular complexity index is 532. The zero-order valence-electron chi connectivity index (χ0n) is 8.96. The van der Waals surface area contributed by atoms with E-state index in [2.05, 4.69) is 15.9 Å². The molecule has 1 rings (SSSR count). The predicted molar refractivity (Wildman–Crippen MR) is 65.7 cm³/mol. The van der Waals surface area contributed by atoms with Gasteiger partial charge >= 0.3 is 0 Å². The van der Waals surface area contributed by atoms with Gasteiger partial charge in [-0.15, -0.1) is 0 Å². The Labute approximate surface area is 111 Å². The Morgan fingerprint density at radius 1 is 1.35 bits per heavy atom. The maximum Gasteiger partial charge on any atom is 0.236 e. The third-order valence-corrected chi connectivity index (χ3v) is 3.50. The van der Waals surface area contributed by atoms with Crippen LogP contribution in [0.25, 0.3) is 0 Å². The molecule has 0 aliphatic heterocycles. The number of benzene rings is 1. The van der Waals surface area contributed by atoms with Crippen LogP contribution in [-0.4, -0.2) is 22.6 Å². The quantitative estimate of drug-likeness (QED) is 0.786. The van der Waals surface area contributed by atoms with E-state index >= 15 is 0 Å². The second kappa shape index (κ2) is 5.41. The minimum Gasteiger partial charge on any atom is -0.492 e. The van der Waals surface area contributed by atoms with Crippen LogP contribution in [0.3, 0.4) is 0 Å². The molecule has 0 radical (unpaired) electrons. The molecule has 0 saturated heterocycles. The molecule has 8 heteroatoms. The molecule has 0 heterocycles. The molecule has 4 nitrogen and oxygen atoms in total. The first-order chi connectivity index (χ1) is 7.80. The van der Waals surface area contributed by atoms with Crippen molar-refractivity contribution < 1.29 is 22.3 Å². The van der Waals surface area contributed by atoms with E-state index in [0.717, 1.165) is 0 Å². The molecule has 0 N–H and O–H groups in total. The topological polar surface area (TPSA) is 52.6 Å². The first-order valence-electron chi connectivity index (χ1n) is 4.31. The molecule has 1 aromatic carbocycles. The van der Waals surface area contributed by atoms with Gasteiger partial charge in [0.1, 0.15) is 0 Å². The normalized spacial score (nSPS) is 11.4. The minimum atomic E-state index is -3.77. The molecule has 0 unspecified atom stereocenters. The van der Waals surface area contributed by atoms with Crippen LogP contribution in [0.4, 0.5) is 4.39 Å². The van der Waals surface area contributed by atoms with Gasteiger partial charge < -0.3 is 9.47 Å². The number of halogens is 3. The molecule has 17 heavy (non-hydrogen) atoms. The minimum absolute atomic E-state index is 0.0115. The van der Waals surface area contributed by atoms with Gasteiger partial charge in [0.15, 0.2) is 17.3 Å². The van der Waals surface area contributed by atoms with Gasteiger partial charge in [0.25, 0.3) is 0 Å². The van der Waals surface area contributed by atoms with Crippen LogP contribution in [0.1, 0.15) is 5.56 Å². The van der Waals surface area contributed by atoms with Gasteiger partial charge in [-0.05, 0) is 22.0 Å². The standard InChI is InChI=1S/C9H9BrClFO4S/c1-15-8-5(4-17(11,13)14)3-6(10)7(12)9(8)16-2/h3H,4H2,1-2H3. The van der Waals surface area contributed by atoms with Gasteiger partial charge in [-0.2, -0.15) is 0 Å². The Balaban J connectivity index is 3.45. The molecule has 0 aliphatic rings. The zero-order chi connectivity index (χ0) is 13.2. The van der Waals surface area contributed by atoms with E-state index < -0.39 is 20.6 Å². The molecule has 0 amide bonds. The average Bonchev–Trinajstić information content (AvgIpc) is 2.20. The molecule has 0 aliphatic carbocycles. The van der Waals surface area contributed by atoms with Crippen molar-refractivity contribution in [3.8, 4) is 11.5 Å². The highest BCUT2D eigenvalue weighted by Gasteiger charge is 2.21. The van der Waals surface area contributed by atoms with Gasteiger partial charge in [-0.1, -0.05) is 0 Å². The van der Waals surface area contributed by atoms with E-state index in [1.165, 1.54) is 20.3 Å². The molecule has 0 saturated carbocycles. The van der Waals surface area contributed by atoms with Crippen molar-refractivity contribution in [2.75, 3.05) is 14.2 Å². The highest BCUT2D eigenvalue weighted by molar-refractivity contribution is 9.10. The van der Waals surface area contributed by atoms with E-state index in [-0.39, 0.29) is 21.5 Å². The van der Waals surface area contributed by atoms with Crippen LogP contribution < -0.4 is 9.47 Å². The SMILES string of the molecule is COc1c(CS(=O)(=O)Cl)cc(Br)c(F)c1OC. The Morgan fingerprint density at radius 3 is 2.29 bits per heavy atom. The van der Waals surface area contributed by atoms with Crippen molar-refractivity contribution in [2.24, 2.45) is 0 Å². The molecule has 0 bridgehead atoms. The summed E-state index contributed by atoms with van der Waals surface area (Å²) in [6, 6.07) is 1.29. The Hall–Kier alpha value is -0.530. The van der Waals surface area contributed by atoms with Crippen LogP contribution in [-0.2, 0) is 14.8 Å². The van der Waals surface area contributed by atoms with Gasteiger partial charge in [0.05, 0.1) is 24.4 Å². The smallest absolute Gasteiger partial charge is 0.236 e. The van der Waals surface area contributed by atoms with E-state index in [0.29, 0.717) is 0 Å². The third-order valence-electron chi connectivity index (χ3n) is 1.94. The summed E-state index contributed by atoms with van der Waals surface area (Å²) >= 11 is 2.96. The summed E-state index contributed by atoms with van der Waals surface area (Å²) < 4.78 is 45.5. The number of rotatable bonds is 4. The first-order valence-corrected chi connectivity index (χ1v) is 7.58. The molecular formula is C9H9BrClFO4S. The molecule has 0 aromatic heterocycles. The highest BCUT2D eigenvalue weighted by atomic mass is 79.9. The summed E-state index contributed by atoms with van der Waals surface area (Å²) in [5.41, 5.74) is 0.215. The third kappa shape index (κ3) is 3.46. The number of ether oxygens (including phenoxy) is 2. The zero-order valence-corrected chi connectivity index (χ0v) is 12.1. The van der Waals surface area contributed by atoms with Crippen molar-refractivity contribution in [3.63, 3.8) is 0 Å². The number of hydrogen-bond donors (Lipinski definition) is 0. The van der Waals surface area contributed by atoms with Crippen molar-refractivity contribution in [3.05, 3.63) is 21.9 Å². The van der Waals surface area contributed by atoms with E-state index in [1.807, 2.05) is 0 Å². The fraction of sp³-hybridized carbons (Fsp3) is 0.333. The van der Waals surface area contributed by atoms with Gasteiger partial charge in [-0.25, -0.2) is 12.8 Å². The van der Waals surface area contributed by atoms with Crippen LogP contribution >= 0.6 is 26.6 Å². The summed E-state index contributed by atoms with van der Waals surface area (Å²) in [7, 11) is 3.92. The molecule has 0 fully saturated rings. The van der Waals surface area contributed by atoms with Crippen molar-refractivity contribution >= 4 is 35.7 Å². The lowest BCUT2D eigenvalue weighted by molar-refractivity contribution is 0.334. The summed E-state index contributed by atoms with van der Waals surface area (Å²) in [4.78, 5) is 0. The number of hydrogen-bond acceptors (Lipinski definition) is 4. The van der Waals surface area contributed by atoms with Gasteiger partial charge in [0.2, 0.25) is 9.05 Å². The summed E-state index contributed by atoms with van der Waals surface area (Å²) in [5.74, 6) is -1.30. The average molecular weight is 348 g/mol. The van der Waals surface area contributed by atoms with E-state index in [4.69, 9.17) is 20.2 Å². The second-order valence-corrected chi connectivity index (χ2v) is 6.71. The van der Waals surface area contributed by atoms with E-state index in [9.17, 15) is 12.8 Å². The molecular weight excluding hydrogens is 339 g/mol. The molecule has 96 valence electrons. The summed E-state index contributed by atoms with van der Waals surface area (Å²) in [5, 5.41) is 0. The fourth-order valence-corrected chi connectivity index (χ4v) is 2.73. The van der Waals surface area contributed by atoms with Crippen LogP contribution in [0.5, 0.6) is 11.5 Å². The largest absolute Gasteiger partial charge is 0.492 e. The lowest BCUT2D eigenvalue weighted by Crippen LogP contribution is -2.03.